The molecule has 122 valence electrons. The van der Waals surface area contributed by atoms with E-state index in [2.05, 4.69) is 10.6 Å². The van der Waals surface area contributed by atoms with Gasteiger partial charge in [-0.05, 0) is 36.4 Å². The zero-order valence-corrected chi connectivity index (χ0v) is 13.9. The van der Waals surface area contributed by atoms with E-state index < -0.39 is 0 Å². The molecule has 0 aromatic heterocycles. The third-order valence-electron chi connectivity index (χ3n) is 3.12. The van der Waals surface area contributed by atoms with Gasteiger partial charge in [-0.15, -0.1) is 0 Å². The van der Waals surface area contributed by atoms with Gasteiger partial charge in [-0.25, -0.2) is 4.79 Å². The maximum atomic E-state index is 11.8. The quantitative estimate of drug-likeness (QED) is 0.794. The van der Waals surface area contributed by atoms with Gasteiger partial charge in [0, 0.05) is 25.5 Å². The minimum Gasteiger partial charge on any atom is -0.490 e. The number of hydrogen-bond acceptors (Lipinski definition) is 3. The normalized spacial score (nSPS) is 10.0. The highest BCUT2D eigenvalue weighted by Crippen LogP contribution is 2.22. The zero-order valence-electron chi connectivity index (χ0n) is 13.2. The van der Waals surface area contributed by atoms with Crippen molar-refractivity contribution in [1.29, 1.82) is 0 Å². The first-order valence-electron chi connectivity index (χ1n) is 7.26. The van der Waals surface area contributed by atoms with Gasteiger partial charge in [0.1, 0.15) is 12.4 Å². The fourth-order valence-electron chi connectivity index (χ4n) is 1.91. The van der Waals surface area contributed by atoms with Gasteiger partial charge >= 0.3 is 6.03 Å². The van der Waals surface area contributed by atoms with Crippen molar-refractivity contribution in [2.45, 2.75) is 0 Å². The molecule has 2 aromatic carbocycles. The summed E-state index contributed by atoms with van der Waals surface area (Å²) in [5.41, 5.74) is 1.81. The van der Waals surface area contributed by atoms with Crippen LogP contribution >= 0.6 is 11.6 Å². The van der Waals surface area contributed by atoms with Crippen LogP contribution in [0, 0.1) is 0 Å². The Labute approximate surface area is 141 Å². The van der Waals surface area contributed by atoms with Gasteiger partial charge in [-0.3, -0.25) is 0 Å². The number of nitrogens with zero attached hydrogens (tertiary/aromatic N) is 1. The molecule has 2 N–H and O–H groups in total. The molecule has 2 aromatic rings. The van der Waals surface area contributed by atoms with E-state index >= 15 is 0 Å². The zero-order chi connectivity index (χ0) is 16.7. The number of carbonyl (C=O) groups excluding carboxylic acids is 1. The molecule has 0 aliphatic heterocycles. The maximum Gasteiger partial charge on any atom is 0.319 e. The second-order valence-electron chi connectivity index (χ2n) is 5.10. The van der Waals surface area contributed by atoms with Crippen LogP contribution in [0.25, 0.3) is 0 Å². The third kappa shape index (κ3) is 5.38. The molecule has 0 aliphatic carbocycles. The molecule has 0 fully saturated rings. The molecular formula is C17H20ClN3O2. The van der Waals surface area contributed by atoms with E-state index in [-0.39, 0.29) is 6.03 Å². The SMILES string of the molecule is CN(C)c1ccc(NC(=O)NCCOc2ccccc2Cl)cc1. The number of para-hydroxylation sites is 1. The van der Waals surface area contributed by atoms with E-state index in [0.717, 1.165) is 11.4 Å². The second kappa shape index (κ2) is 8.29. The summed E-state index contributed by atoms with van der Waals surface area (Å²) < 4.78 is 5.50. The van der Waals surface area contributed by atoms with Crippen LogP contribution in [0.4, 0.5) is 16.2 Å². The minimum absolute atomic E-state index is 0.273. The monoisotopic (exact) mass is 333 g/mol. The molecule has 0 bridgehead atoms. The summed E-state index contributed by atoms with van der Waals surface area (Å²) in [6, 6.07) is 14.5. The van der Waals surface area contributed by atoms with Crippen molar-refractivity contribution in [2.75, 3.05) is 37.5 Å². The topological polar surface area (TPSA) is 53.6 Å². The summed E-state index contributed by atoms with van der Waals surface area (Å²) in [6.45, 7) is 0.726. The van der Waals surface area contributed by atoms with Crippen molar-refractivity contribution in [3.8, 4) is 5.75 Å². The number of halogens is 1. The van der Waals surface area contributed by atoms with Gasteiger partial charge in [0.25, 0.3) is 0 Å². The lowest BCUT2D eigenvalue weighted by Gasteiger charge is -2.13. The standard InChI is InChI=1S/C17H20ClN3O2/c1-21(2)14-9-7-13(8-10-14)20-17(22)19-11-12-23-16-6-4-3-5-15(16)18/h3-10H,11-12H2,1-2H3,(H2,19,20,22). The van der Waals surface area contributed by atoms with Gasteiger partial charge in [0.2, 0.25) is 0 Å². The van der Waals surface area contributed by atoms with Crippen LogP contribution in [0.5, 0.6) is 5.75 Å². The van der Waals surface area contributed by atoms with Crippen molar-refractivity contribution in [2.24, 2.45) is 0 Å². The van der Waals surface area contributed by atoms with Crippen LogP contribution in [0.2, 0.25) is 5.02 Å². The molecule has 0 unspecified atom stereocenters. The predicted octanol–water partition coefficient (Wildman–Crippen LogP) is 3.61. The van der Waals surface area contributed by atoms with Crippen molar-refractivity contribution in [1.82, 2.24) is 5.32 Å². The van der Waals surface area contributed by atoms with Gasteiger partial charge in [0.05, 0.1) is 11.6 Å². The molecule has 0 aliphatic rings. The van der Waals surface area contributed by atoms with Crippen LogP contribution in [0.3, 0.4) is 0 Å². The number of anilines is 2. The summed E-state index contributed by atoms with van der Waals surface area (Å²) >= 11 is 5.98. The number of ether oxygens (including phenoxy) is 1. The molecule has 5 nitrogen and oxygen atoms in total. The minimum atomic E-state index is -0.273. The molecule has 2 amide bonds. The molecule has 0 radical (unpaired) electrons. The first-order chi connectivity index (χ1) is 11.1. The molecule has 0 atom stereocenters. The Morgan fingerprint density at radius 2 is 1.83 bits per heavy atom. The summed E-state index contributed by atoms with van der Waals surface area (Å²) in [5, 5.41) is 6.05. The lowest BCUT2D eigenvalue weighted by Crippen LogP contribution is -2.32. The van der Waals surface area contributed by atoms with Crippen LogP contribution < -0.4 is 20.3 Å². The average Bonchev–Trinajstić information content (AvgIpc) is 2.53. The molecule has 0 saturated heterocycles. The Balaban J connectivity index is 1.72. The summed E-state index contributed by atoms with van der Waals surface area (Å²) in [6.07, 6.45) is 0. The van der Waals surface area contributed by atoms with Crippen molar-refractivity contribution < 1.29 is 9.53 Å². The highest BCUT2D eigenvalue weighted by Gasteiger charge is 2.03. The highest BCUT2D eigenvalue weighted by molar-refractivity contribution is 6.32. The third-order valence-corrected chi connectivity index (χ3v) is 3.44. The number of rotatable bonds is 6. The molecule has 0 spiro atoms. The summed E-state index contributed by atoms with van der Waals surface area (Å²) in [7, 11) is 3.93. The van der Waals surface area contributed by atoms with E-state index in [0.29, 0.717) is 23.9 Å². The Kier molecular flexibility index (Phi) is 6.11. The van der Waals surface area contributed by atoms with Gasteiger partial charge in [0.15, 0.2) is 0 Å². The highest BCUT2D eigenvalue weighted by atomic mass is 35.5. The van der Waals surface area contributed by atoms with Gasteiger partial charge in [-0.2, -0.15) is 0 Å². The number of amides is 2. The molecule has 23 heavy (non-hydrogen) atoms. The largest absolute Gasteiger partial charge is 0.490 e. The van der Waals surface area contributed by atoms with Gasteiger partial charge < -0.3 is 20.3 Å². The summed E-state index contributed by atoms with van der Waals surface area (Å²) in [5.74, 6) is 0.607. The van der Waals surface area contributed by atoms with E-state index in [1.807, 2.05) is 55.4 Å². The second-order valence-corrected chi connectivity index (χ2v) is 5.51. The van der Waals surface area contributed by atoms with E-state index in [4.69, 9.17) is 16.3 Å². The molecule has 0 saturated carbocycles. The lowest BCUT2D eigenvalue weighted by atomic mass is 10.2. The van der Waals surface area contributed by atoms with E-state index in [1.54, 1.807) is 12.1 Å². The maximum absolute atomic E-state index is 11.8. The smallest absolute Gasteiger partial charge is 0.319 e. The predicted molar refractivity (Wildman–Crippen MR) is 94.7 cm³/mol. The van der Waals surface area contributed by atoms with E-state index in [9.17, 15) is 4.79 Å². The number of urea groups is 1. The number of benzene rings is 2. The number of carbonyl (C=O) groups is 1. The van der Waals surface area contributed by atoms with Crippen molar-refractivity contribution in [3.63, 3.8) is 0 Å². The first-order valence-corrected chi connectivity index (χ1v) is 7.63. The van der Waals surface area contributed by atoms with E-state index in [1.165, 1.54) is 0 Å². The number of hydrogen-bond donors (Lipinski definition) is 2. The Bertz CT molecular complexity index is 645. The molecule has 6 heteroatoms. The Morgan fingerprint density at radius 3 is 2.48 bits per heavy atom. The van der Waals surface area contributed by atoms with Crippen molar-refractivity contribution >= 4 is 29.0 Å². The average molecular weight is 334 g/mol. The summed E-state index contributed by atoms with van der Waals surface area (Å²) in [4.78, 5) is 13.8. The van der Waals surface area contributed by atoms with Crippen LogP contribution in [0.1, 0.15) is 0 Å². The van der Waals surface area contributed by atoms with Gasteiger partial charge in [-0.1, -0.05) is 23.7 Å². The fraction of sp³-hybridized carbons (Fsp3) is 0.235. The van der Waals surface area contributed by atoms with Crippen molar-refractivity contribution in [3.05, 3.63) is 53.6 Å². The fourth-order valence-corrected chi connectivity index (χ4v) is 2.10. The molecular weight excluding hydrogens is 314 g/mol. The van der Waals surface area contributed by atoms with Crippen LogP contribution in [-0.4, -0.2) is 33.3 Å². The molecule has 0 heterocycles. The first kappa shape index (κ1) is 17.0. The number of nitrogens with one attached hydrogen (secondary N) is 2. The van der Waals surface area contributed by atoms with Crippen LogP contribution in [0.15, 0.2) is 48.5 Å². The Morgan fingerprint density at radius 1 is 1.13 bits per heavy atom. The molecule has 2 rings (SSSR count). The van der Waals surface area contributed by atoms with Crippen LogP contribution in [-0.2, 0) is 0 Å². The Hall–Kier alpha value is -2.40. The lowest BCUT2D eigenvalue weighted by molar-refractivity contribution is 0.247.